The molecular formula is C24H27O2P. The quantitative estimate of drug-likeness (QED) is 0.571. The van der Waals surface area contributed by atoms with Gasteiger partial charge in [-0.25, -0.2) is 0 Å². The molecule has 0 aliphatic heterocycles. The van der Waals surface area contributed by atoms with Crippen molar-refractivity contribution < 1.29 is 9.46 Å². The van der Waals surface area contributed by atoms with Crippen LogP contribution < -0.4 is 5.30 Å². The van der Waals surface area contributed by atoms with Crippen molar-refractivity contribution in [1.82, 2.24) is 0 Å². The van der Waals surface area contributed by atoms with Gasteiger partial charge in [0.25, 0.3) is 0 Å². The minimum absolute atomic E-state index is 0.263. The Morgan fingerprint density at radius 2 is 1.30 bits per heavy atom. The lowest BCUT2D eigenvalue weighted by atomic mass is 9.93. The van der Waals surface area contributed by atoms with Gasteiger partial charge in [0, 0.05) is 11.5 Å². The van der Waals surface area contributed by atoms with Gasteiger partial charge in [0.15, 0.2) is 0 Å². The molecule has 1 unspecified atom stereocenters. The van der Waals surface area contributed by atoms with Crippen LogP contribution in [0.4, 0.5) is 0 Å². The van der Waals surface area contributed by atoms with E-state index in [0.717, 1.165) is 17.5 Å². The van der Waals surface area contributed by atoms with Crippen LogP contribution in [0, 0.1) is 20.8 Å². The second-order valence-electron chi connectivity index (χ2n) is 7.32. The smallest absolute Gasteiger partial charge is 0.229 e. The van der Waals surface area contributed by atoms with Gasteiger partial charge in [-0.3, -0.25) is 4.57 Å². The van der Waals surface area contributed by atoms with E-state index in [1.807, 2.05) is 12.1 Å². The SMILES string of the molecule is CCP(=O)(O)c1ccc(-c2ccc(Cc3c(C)cc(C)cc3C)cc2)cc1. The standard InChI is InChI=1S/C24H27O2P/c1-5-27(25,26)23-12-10-22(11-13-23)21-8-6-20(7-9-21)16-24-18(3)14-17(2)15-19(24)4/h6-15H,5,16H2,1-4H3,(H,25,26). The summed E-state index contributed by atoms with van der Waals surface area (Å²) in [5.74, 6) is 0. The van der Waals surface area contributed by atoms with Crippen LogP contribution in [0.25, 0.3) is 11.1 Å². The lowest BCUT2D eigenvalue weighted by Gasteiger charge is -2.12. The highest BCUT2D eigenvalue weighted by atomic mass is 31.2. The summed E-state index contributed by atoms with van der Waals surface area (Å²) in [7, 11) is -3.20. The van der Waals surface area contributed by atoms with Gasteiger partial charge < -0.3 is 4.89 Å². The number of benzene rings is 3. The molecule has 0 aliphatic carbocycles. The lowest BCUT2D eigenvalue weighted by molar-refractivity contribution is 0.491. The molecule has 3 heteroatoms. The largest absolute Gasteiger partial charge is 0.341 e. The topological polar surface area (TPSA) is 37.3 Å². The molecule has 3 aromatic carbocycles. The summed E-state index contributed by atoms with van der Waals surface area (Å²) in [5.41, 5.74) is 8.86. The predicted octanol–water partition coefficient (Wildman–Crippen LogP) is 5.79. The fourth-order valence-electron chi connectivity index (χ4n) is 3.58. The van der Waals surface area contributed by atoms with E-state index in [-0.39, 0.29) is 6.16 Å². The van der Waals surface area contributed by atoms with Gasteiger partial charge in [-0.2, -0.15) is 0 Å². The molecule has 3 aromatic rings. The van der Waals surface area contributed by atoms with E-state index < -0.39 is 7.37 Å². The van der Waals surface area contributed by atoms with Gasteiger partial charge in [-0.1, -0.05) is 61.0 Å². The van der Waals surface area contributed by atoms with Gasteiger partial charge in [0.1, 0.15) is 0 Å². The third-order valence-electron chi connectivity index (χ3n) is 5.21. The summed E-state index contributed by atoms with van der Waals surface area (Å²) >= 11 is 0. The summed E-state index contributed by atoms with van der Waals surface area (Å²) in [5, 5.41) is 0.524. The van der Waals surface area contributed by atoms with Crippen molar-refractivity contribution in [2.45, 2.75) is 34.1 Å². The molecule has 27 heavy (non-hydrogen) atoms. The Hall–Kier alpha value is -2.15. The maximum Gasteiger partial charge on any atom is 0.229 e. The maximum atomic E-state index is 12.1. The van der Waals surface area contributed by atoms with Gasteiger partial charge >= 0.3 is 0 Å². The van der Waals surface area contributed by atoms with E-state index >= 15 is 0 Å². The summed E-state index contributed by atoms with van der Waals surface area (Å²) in [6.45, 7) is 8.24. The first-order chi connectivity index (χ1) is 12.8. The van der Waals surface area contributed by atoms with Gasteiger partial charge in [0.2, 0.25) is 7.37 Å². The Morgan fingerprint density at radius 1 is 0.815 bits per heavy atom. The minimum Gasteiger partial charge on any atom is -0.341 e. The Bertz CT molecular complexity index is 963. The van der Waals surface area contributed by atoms with E-state index in [4.69, 9.17) is 0 Å². The van der Waals surface area contributed by atoms with Crippen molar-refractivity contribution in [3.63, 3.8) is 0 Å². The number of rotatable bonds is 5. The van der Waals surface area contributed by atoms with Gasteiger partial charge in [-0.15, -0.1) is 0 Å². The van der Waals surface area contributed by atoms with E-state index in [1.54, 1.807) is 19.1 Å². The average Bonchev–Trinajstić information content (AvgIpc) is 2.65. The highest BCUT2D eigenvalue weighted by Crippen LogP contribution is 2.38. The van der Waals surface area contributed by atoms with Crippen molar-refractivity contribution in [3.8, 4) is 11.1 Å². The summed E-state index contributed by atoms with van der Waals surface area (Å²) in [6.07, 6.45) is 1.19. The van der Waals surface area contributed by atoms with E-state index in [1.165, 1.54) is 27.8 Å². The molecule has 1 N–H and O–H groups in total. The van der Waals surface area contributed by atoms with E-state index in [9.17, 15) is 9.46 Å². The fraction of sp³-hybridized carbons (Fsp3) is 0.250. The first kappa shape index (κ1) is 19.6. The van der Waals surface area contributed by atoms with Crippen LogP contribution in [-0.2, 0) is 11.0 Å². The highest BCUT2D eigenvalue weighted by Gasteiger charge is 2.17. The first-order valence-corrected chi connectivity index (χ1v) is 11.2. The number of hydrogen-bond donors (Lipinski definition) is 1. The van der Waals surface area contributed by atoms with Gasteiger partial charge in [-0.05, 0) is 72.7 Å². The van der Waals surface area contributed by atoms with Crippen LogP contribution in [0.2, 0.25) is 0 Å². The number of aryl methyl sites for hydroxylation is 3. The third kappa shape index (κ3) is 4.40. The van der Waals surface area contributed by atoms with Crippen molar-refractivity contribution in [2.75, 3.05) is 6.16 Å². The fourth-order valence-corrected chi connectivity index (χ4v) is 4.56. The molecule has 0 saturated carbocycles. The molecule has 0 aromatic heterocycles. The second-order valence-corrected chi connectivity index (χ2v) is 9.87. The van der Waals surface area contributed by atoms with Crippen LogP contribution in [0.1, 0.15) is 34.7 Å². The van der Waals surface area contributed by atoms with E-state index in [2.05, 4.69) is 57.2 Å². The molecule has 0 saturated heterocycles. The molecule has 0 amide bonds. The van der Waals surface area contributed by atoms with E-state index in [0.29, 0.717) is 5.30 Å². The van der Waals surface area contributed by atoms with Crippen LogP contribution >= 0.6 is 7.37 Å². The average molecular weight is 378 g/mol. The Labute approximate surface area is 162 Å². The van der Waals surface area contributed by atoms with Crippen LogP contribution in [0.5, 0.6) is 0 Å². The maximum absolute atomic E-state index is 12.1. The second kappa shape index (κ2) is 7.84. The molecular weight excluding hydrogens is 351 g/mol. The molecule has 0 bridgehead atoms. The minimum atomic E-state index is -3.20. The third-order valence-corrected chi connectivity index (χ3v) is 7.17. The predicted molar refractivity (Wildman–Crippen MR) is 115 cm³/mol. The van der Waals surface area contributed by atoms with Crippen molar-refractivity contribution >= 4 is 12.7 Å². The molecule has 0 aliphatic rings. The Balaban J connectivity index is 1.81. The van der Waals surface area contributed by atoms with Crippen molar-refractivity contribution in [1.29, 1.82) is 0 Å². The Kier molecular flexibility index (Phi) is 5.69. The molecule has 0 heterocycles. The first-order valence-electron chi connectivity index (χ1n) is 9.38. The summed E-state index contributed by atoms with van der Waals surface area (Å²) < 4.78 is 12.1. The zero-order valence-electron chi connectivity index (χ0n) is 16.5. The molecule has 0 spiro atoms. The normalized spacial score (nSPS) is 13.4. The zero-order chi connectivity index (χ0) is 19.6. The number of hydrogen-bond acceptors (Lipinski definition) is 1. The van der Waals surface area contributed by atoms with Crippen molar-refractivity contribution in [3.05, 3.63) is 88.5 Å². The molecule has 0 radical (unpaired) electrons. The monoisotopic (exact) mass is 378 g/mol. The zero-order valence-corrected chi connectivity index (χ0v) is 17.4. The molecule has 0 fully saturated rings. The molecule has 140 valence electrons. The van der Waals surface area contributed by atoms with Gasteiger partial charge in [0.05, 0.1) is 0 Å². The summed E-state index contributed by atoms with van der Waals surface area (Å²) in [6, 6.07) is 20.5. The molecule has 3 rings (SSSR count). The Morgan fingerprint density at radius 3 is 1.78 bits per heavy atom. The van der Waals surface area contributed by atoms with Crippen LogP contribution in [0.3, 0.4) is 0 Å². The molecule has 2 nitrogen and oxygen atoms in total. The highest BCUT2D eigenvalue weighted by molar-refractivity contribution is 7.66. The summed E-state index contributed by atoms with van der Waals surface area (Å²) in [4.78, 5) is 9.95. The van der Waals surface area contributed by atoms with Crippen LogP contribution in [-0.4, -0.2) is 11.1 Å². The van der Waals surface area contributed by atoms with Crippen molar-refractivity contribution in [2.24, 2.45) is 0 Å². The molecule has 1 atom stereocenters. The lowest BCUT2D eigenvalue weighted by Crippen LogP contribution is -2.05. The van der Waals surface area contributed by atoms with Crippen LogP contribution in [0.15, 0.2) is 60.7 Å².